The van der Waals surface area contributed by atoms with Crippen LogP contribution in [-0.4, -0.2) is 8.42 Å². The van der Waals surface area contributed by atoms with Crippen LogP contribution in [0.3, 0.4) is 0 Å². The molecule has 1 N–H and O–H groups in total. The molecule has 0 aromatic heterocycles. The second kappa shape index (κ2) is 9.05. The SMILES string of the molecule is O=S(=O)(Nc1cccc(C[C@@H]2c3ccccc3CCc3cc(Cl)ccc32)c1)c1ccccc1. The van der Waals surface area contributed by atoms with Gasteiger partial charge in [0.05, 0.1) is 4.90 Å². The Morgan fingerprint density at radius 2 is 1.48 bits per heavy atom. The summed E-state index contributed by atoms with van der Waals surface area (Å²) in [6, 6.07) is 30.9. The van der Waals surface area contributed by atoms with Crippen molar-refractivity contribution in [3.05, 3.63) is 130 Å². The molecule has 0 saturated heterocycles. The maximum atomic E-state index is 12.8. The van der Waals surface area contributed by atoms with E-state index in [9.17, 15) is 8.42 Å². The number of hydrogen-bond donors (Lipinski definition) is 1. The Labute approximate surface area is 200 Å². The molecule has 0 radical (unpaired) electrons. The molecule has 0 spiro atoms. The average Bonchev–Trinajstić information content (AvgIpc) is 2.97. The second-order valence-corrected chi connectivity index (χ2v) is 10.5. The van der Waals surface area contributed by atoms with Crippen molar-refractivity contribution in [2.24, 2.45) is 0 Å². The quantitative estimate of drug-likeness (QED) is 0.354. The number of benzene rings is 4. The zero-order chi connectivity index (χ0) is 22.8. The number of fused-ring (bicyclic) bond motifs is 2. The van der Waals surface area contributed by atoms with Crippen LogP contribution in [0, 0.1) is 0 Å². The van der Waals surface area contributed by atoms with Crippen molar-refractivity contribution in [1.29, 1.82) is 0 Å². The Hall–Kier alpha value is -3.08. The van der Waals surface area contributed by atoms with Crippen LogP contribution < -0.4 is 4.72 Å². The smallest absolute Gasteiger partial charge is 0.261 e. The lowest BCUT2D eigenvalue weighted by molar-refractivity contribution is 0.601. The molecular formula is C28H24ClNO2S. The molecule has 1 aliphatic carbocycles. The summed E-state index contributed by atoms with van der Waals surface area (Å²) in [6.45, 7) is 0. The fourth-order valence-electron chi connectivity index (χ4n) is 4.70. The molecule has 0 unspecified atom stereocenters. The Morgan fingerprint density at radius 3 is 2.33 bits per heavy atom. The van der Waals surface area contributed by atoms with E-state index in [1.165, 1.54) is 22.3 Å². The van der Waals surface area contributed by atoms with Crippen molar-refractivity contribution < 1.29 is 8.42 Å². The lowest BCUT2D eigenvalue weighted by Crippen LogP contribution is -2.13. The van der Waals surface area contributed by atoms with E-state index >= 15 is 0 Å². The zero-order valence-corrected chi connectivity index (χ0v) is 19.6. The third kappa shape index (κ3) is 4.68. The molecule has 4 aromatic rings. The van der Waals surface area contributed by atoms with E-state index in [0.717, 1.165) is 29.8 Å². The summed E-state index contributed by atoms with van der Waals surface area (Å²) in [4.78, 5) is 0.249. The molecule has 166 valence electrons. The Morgan fingerprint density at radius 1 is 0.758 bits per heavy atom. The first kappa shape index (κ1) is 21.7. The molecule has 5 heteroatoms. The van der Waals surface area contributed by atoms with E-state index in [4.69, 9.17) is 11.6 Å². The van der Waals surface area contributed by atoms with Crippen LogP contribution in [0.15, 0.2) is 102 Å². The summed E-state index contributed by atoms with van der Waals surface area (Å²) in [5, 5.41) is 0.760. The molecule has 1 atom stereocenters. The molecular weight excluding hydrogens is 450 g/mol. The molecule has 33 heavy (non-hydrogen) atoms. The fraction of sp³-hybridized carbons (Fsp3) is 0.143. The van der Waals surface area contributed by atoms with Crippen molar-refractivity contribution in [2.45, 2.75) is 30.1 Å². The largest absolute Gasteiger partial charge is 0.280 e. The summed E-state index contributed by atoms with van der Waals surface area (Å²) in [5.41, 5.74) is 6.90. The topological polar surface area (TPSA) is 46.2 Å². The van der Waals surface area contributed by atoms with Gasteiger partial charge in [-0.3, -0.25) is 4.72 Å². The van der Waals surface area contributed by atoms with Gasteiger partial charge in [-0.05, 0) is 83.5 Å². The van der Waals surface area contributed by atoms with Crippen LogP contribution >= 0.6 is 11.6 Å². The van der Waals surface area contributed by atoms with E-state index in [-0.39, 0.29) is 10.8 Å². The highest BCUT2D eigenvalue weighted by molar-refractivity contribution is 7.92. The molecule has 0 aliphatic heterocycles. The molecule has 0 bridgehead atoms. The van der Waals surface area contributed by atoms with Crippen LogP contribution in [-0.2, 0) is 29.3 Å². The van der Waals surface area contributed by atoms with Gasteiger partial charge in [0, 0.05) is 16.6 Å². The molecule has 5 rings (SSSR count). The van der Waals surface area contributed by atoms with Crippen molar-refractivity contribution in [3.8, 4) is 0 Å². The van der Waals surface area contributed by atoms with Gasteiger partial charge in [0.2, 0.25) is 0 Å². The van der Waals surface area contributed by atoms with Crippen molar-refractivity contribution in [2.75, 3.05) is 4.72 Å². The second-order valence-electron chi connectivity index (χ2n) is 8.42. The van der Waals surface area contributed by atoms with Crippen molar-refractivity contribution in [3.63, 3.8) is 0 Å². The van der Waals surface area contributed by atoms with Crippen LogP contribution in [0.4, 0.5) is 5.69 Å². The number of hydrogen-bond acceptors (Lipinski definition) is 2. The van der Waals surface area contributed by atoms with Gasteiger partial charge in [0.25, 0.3) is 10.0 Å². The third-order valence-corrected chi connectivity index (χ3v) is 7.88. The number of nitrogens with one attached hydrogen (secondary N) is 1. The molecule has 0 amide bonds. The van der Waals surface area contributed by atoms with Gasteiger partial charge >= 0.3 is 0 Å². The average molecular weight is 474 g/mol. The highest BCUT2D eigenvalue weighted by Crippen LogP contribution is 2.38. The number of halogens is 1. The summed E-state index contributed by atoms with van der Waals surface area (Å²) in [7, 11) is -3.64. The van der Waals surface area contributed by atoms with Crippen molar-refractivity contribution >= 4 is 27.3 Å². The minimum Gasteiger partial charge on any atom is -0.280 e. The van der Waals surface area contributed by atoms with Gasteiger partial charge in [-0.1, -0.05) is 72.3 Å². The van der Waals surface area contributed by atoms with E-state index in [2.05, 4.69) is 47.2 Å². The van der Waals surface area contributed by atoms with Crippen LogP contribution in [0.2, 0.25) is 5.02 Å². The highest BCUT2D eigenvalue weighted by Gasteiger charge is 2.24. The predicted octanol–water partition coefficient (Wildman–Crippen LogP) is 6.61. The van der Waals surface area contributed by atoms with E-state index in [1.54, 1.807) is 36.4 Å². The molecule has 1 aliphatic rings. The van der Waals surface area contributed by atoms with Crippen LogP contribution in [0.5, 0.6) is 0 Å². The van der Waals surface area contributed by atoms with E-state index in [1.807, 2.05) is 18.2 Å². The molecule has 4 aromatic carbocycles. The Balaban J connectivity index is 1.49. The summed E-state index contributed by atoms with van der Waals surface area (Å²) < 4.78 is 28.3. The molecule has 0 heterocycles. The minimum absolute atomic E-state index is 0.178. The highest BCUT2D eigenvalue weighted by atomic mass is 35.5. The van der Waals surface area contributed by atoms with Gasteiger partial charge < -0.3 is 0 Å². The zero-order valence-electron chi connectivity index (χ0n) is 18.0. The molecule has 0 fully saturated rings. The maximum absolute atomic E-state index is 12.8. The Kier molecular flexibility index (Phi) is 5.96. The lowest BCUT2D eigenvalue weighted by Gasteiger charge is -2.21. The number of anilines is 1. The summed E-state index contributed by atoms with van der Waals surface area (Å²) in [5.74, 6) is 0.178. The number of rotatable bonds is 5. The van der Waals surface area contributed by atoms with Gasteiger partial charge in [-0.2, -0.15) is 0 Å². The number of sulfonamides is 1. The minimum atomic E-state index is -3.64. The maximum Gasteiger partial charge on any atom is 0.261 e. The standard InChI is InChI=1S/C28H24ClNO2S/c29-23-15-16-27-22(19-23)14-13-21-8-4-5-12-26(21)28(27)18-20-7-6-9-24(17-20)30-33(31,32)25-10-2-1-3-11-25/h1-12,15-17,19,28,30H,13-14,18H2/t28-/m1/s1. The monoisotopic (exact) mass is 473 g/mol. The first-order valence-electron chi connectivity index (χ1n) is 11.0. The van der Waals surface area contributed by atoms with Crippen LogP contribution in [0.25, 0.3) is 0 Å². The van der Waals surface area contributed by atoms with Gasteiger partial charge in [0.15, 0.2) is 0 Å². The third-order valence-electron chi connectivity index (χ3n) is 6.25. The van der Waals surface area contributed by atoms with Gasteiger partial charge in [-0.15, -0.1) is 0 Å². The molecule has 0 saturated carbocycles. The number of aryl methyl sites for hydroxylation is 2. The Bertz CT molecular complexity index is 1400. The first-order chi connectivity index (χ1) is 16.0. The summed E-state index contributed by atoms with van der Waals surface area (Å²) in [6.07, 6.45) is 2.71. The predicted molar refractivity (Wildman–Crippen MR) is 135 cm³/mol. The fourth-order valence-corrected chi connectivity index (χ4v) is 5.97. The molecule has 3 nitrogen and oxygen atoms in total. The lowest BCUT2D eigenvalue weighted by atomic mass is 9.83. The van der Waals surface area contributed by atoms with Gasteiger partial charge in [-0.25, -0.2) is 8.42 Å². The first-order valence-corrected chi connectivity index (χ1v) is 12.9. The normalized spacial score (nSPS) is 15.2. The van der Waals surface area contributed by atoms with Gasteiger partial charge in [0.1, 0.15) is 0 Å². The van der Waals surface area contributed by atoms with Crippen molar-refractivity contribution in [1.82, 2.24) is 0 Å². The van der Waals surface area contributed by atoms with E-state index in [0.29, 0.717) is 5.69 Å². The van der Waals surface area contributed by atoms with Crippen LogP contribution in [0.1, 0.15) is 33.7 Å². The van der Waals surface area contributed by atoms with E-state index < -0.39 is 10.0 Å². The summed E-state index contributed by atoms with van der Waals surface area (Å²) >= 11 is 6.32.